The number of carbonyl (C=O) groups is 1. The molecule has 0 aliphatic heterocycles. The monoisotopic (exact) mass is 325 g/mol. The number of pyridine rings is 1. The smallest absolute Gasteiger partial charge is 0.222 e. The molecule has 24 heavy (non-hydrogen) atoms. The van der Waals surface area contributed by atoms with Crippen molar-refractivity contribution < 1.29 is 4.79 Å². The second-order valence-electron chi connectivity index (χ2n) is 6.59. The summed E-state index contributed by atoms with van der Waals surface area (Å²) < 4.78 is 0. The van der Waals surface area contributed by atoms with Crippen LogP contribution in [0.1, 0.15) is 28.9 Å². The highest BCUT2D eigenvalue weighted by Crippen LogP contribution is 2.14. The Bertz CT molecular complexity index is 672. The Morgan fingerprint density at radius 2 is 1.71 bits per heavy atom. The van der Waals surface area contributed by atoms with Crippen molar-refractivity contribution in [1.29, 1.82) is 0 Å². The molecular formula is C20H27N3O. The van der Waals surface area contributed by atoms with Crippen molar-refractivity contribution in [2.75, 3.05) is 26.0 Å². The molecule has 0 bridgehead atoms. The molecule has 0 aliphatic carbocycles. The summed E-state index contributed by atoms with van der Waals surface area (Å²) in [6.45, 7) is 4.59. The van der Waals surface area contributed by atoms with Gasteiger partial charge in [-0.15, -0.1) is 0 Å². The summed E-state index contributed by atoms with van der Waals surface area (Å²) in [7, 11) is 5.89. The Balaban J connectivity index is 1.89. The summed E-state index contributed by atoms with van der Waals surface area (Å²) in [6, 6.07) is 12.4. The van der Waals surface area contributed by atoms with E-state index in [-0.39, 0.29) is 5.91 Å². The zero-order valence-corrected chi connectivity index (χ0v) is 15.3. The first-order chi connectivity index (χ1) is 11.3. The molecule has 0 radical (unpaired) electrons. The fourth-order valence-electron chi connectivity index (χ4n) is 2.74. The minimum Gasteiger partial charge on any atom is -0.378 e. The SMILES string of the molecule is Cc1cc(C)nc(CN(C)C(=O)CCc2ccc(N(C)C)cc2)c1. The van der Waals surface area contributed by atoms with Crippen LogP contribution in [0, 0.1) is 13.8 Å². The van der Waals surface area contributed by atoms with E-state index in [1.165, 1.54) is 16.8 Å². The lowest BCUT2D eigenvalue weighted by Gasteiger charge is -2.17. The number of rotatable bonds is 6. The first-order valence-corrected chi connectivity index (χ1v) is 8.29. The van der Waals surface area contributed by atoms with Gasteiger partial charge < -0.3 is 9.80 Å². The summed E-state index contributed by atoms with van der Waals surface area (Å²) in [6.07, 6.45) is 1.28. The molecule has 1 heterocycles. The van der Waals surface area contributed by atoms with Gasteiger partial charge in [0.05, 0.1) is 12.2 Å². The maximum absolute atomic E-state index is 12.4. The predicted octanol–water partition coefficient (Wildman–Crippen LogP) is 3.36. The van der Waals surface area contributed by atoms with E-state index in [0.29, 0.717) is 13.0 Å². The molecule has 4 heteroatoms. The number of aromatic nitrogens is 1. The largest absolute Gasteiger partial charge is 0.378 e. The highest BCUT2D eigenvalue weighted by molar-refractivity contribution is 5.76. The molecule has 2 rings (SSSR count). The number of carbonyl (C=O) groups excluding carboxylic acids is 1. The molecule has 0 fully saturated rings. The van der Waals surface area contributed by atoms with Gasteiger partial charge in [0, 0.05) is 38.9 Å². The van der Waals surface area contributed by atoms with Crippen LogP contribution in [0.2, 0.25) is 0 Å². The van der Waals surface area contributed by atoms with Gasteiger partial charge in [0.2, 0.25) is 5.91 Å². The van der Waals surface area contributed by atoms with Crippen LogP contribution < -0.4 is 4.90 Å². The Labute approximate surface area is 145 Å². The van der Waals surface area contributed by atoms with E-state index in [1.807, 2.05) is 40.2 Å². The first kappa shape index (κ1) is 18.0. The molecule has 0 spiro atoms. The number of benzene rings is 1. The van der Waals surface area contributed by atoms with Crippen molar-refractivity contribution in [3.8, 4) is 0 Å². The Hall–Kier alpha value is -2.36. The lowest BCUT2D eigenvalue weighted by Crippen LogP contribution is -2.27. The van der Waals surface area contributed by atoms with Crippen LogP contribution in [0.25, 0.3) is 0 Å². The van der Waals surface area contributed by atoms with E-state index in [9.17, 15) is 4.79 Å². The van der Waals surface area contributed by atoms with Gasteiger partial charge in [0.15, 0.2) is 0 Å². The third-order valence-electron chi connectivity index (χ3n) is 4.06. The Morgan fingerprint density at radius 3 is 2.29 bits per heavy atom. The Kier molecular flexibility index (Phi) is 5.96. The molecule has 128 valence electrons. The molecule has 1 aromatic heterocycles. The van der Waals surface area contributed by atoms with Gasteiger partial charge in [0.25, 0.3) is 0 Å². The van der Waals surface area contributed by atoms with Gasteiger partial charge in [-0.1, -0.05) is 12.1 Å². The second kappa shape index (κ2) is 7.95. The van der Waals surface area contributed by atoms with E-state index < -0.39 is 0 Å². The molecule has 4 nitrogen and oxygen atoms in total. The Morgan fingerprint density at radius 1 is 1.04 bits per heavy atom. The number of aryl methyl sites for hydroxylation is 3. The fourth-order valence-corrected chi connectivity index (χ4v) is 2.74. The van der Waals surface area contributed by atoms with Gasteiger partial charge in [-0.05, 0) is 55.7 Å². The van der Waals surface area contributed by atoms with Crippen LogP contribution in [0.3, 0.4) is 0 Å². The number of hydrogen-bond acceptors (Lipinski definition) is 3. The highest BCUT2D eigenvalue weighted by atomic mass is 16.2. The maximum atomic E-state index is 12.4. The number of nitrogens with zero attached hydrogens (tertiary/aromatic N) is 3. The van der Waals surface area contributed by atoms with Crippen LogP contribution in [0.5, 0.6) is 0 Å². The van der Waals surface area contributed by atoms with Crippen molar-refractivity contribution >= 4 is 11.6 Å². The molecule has 2 aromatic rings. The summed E-state index contributed by atoms with van der Waals surface area (Å²) >= 11 is 0. The van der Waals surface area contributed by atoms with Crippen LogP contribution >= 0.6 is 0 Å². The predicted molar refractivity (Wildman–Crippen MR) is 99.3 cm³/mol. The van der Waals surface area contributed by atoms with E-state index in [4.69, 9.17) is 0 Å². The lowest BCUT2D eigenvalue weighted by molar-refractivity contribution is -0.130. The van der Waals surface area contributed by atoms with E-state index in [0.717, 1.165) is 17.8 Å². The first-order valence-electron chi connectivity index (χ1n) is 8.29. The maximum Gasteiger partial charge on any atom is 0.222 e. The third kappa shape index (κ3) is 5.08. The molecular weight excluding hydrogens is 298 g/mol. The molecule has 0 aliphatic rings. The minimum atomic E-state index is 0.146. The van der Waals surface area contributed by atoms with Gasteiger partial charge >= 0.3 is 0 Å². The van der Waals surface area contributed by atoms with Crippen molar-refractivity contribution in [2.45, 2.75) is 33.2 Å². The topological polar surface area (TPSA) is 36.4 Å². The van der Waals surface area contributed by atoms with Gasteiger partial charge in [-0.3, -0.25) is 9.78 Å². The minimum absolute atomic E-state index is 0.146. The molecule has 0 saturated carbocycles. The normalized spacial score (nSPS) is 10.5. The number of amides is 1. The molecule has 1 aromatic carbocycles. The van der Waals surface area contributed by atoms with E-state index in [1.54, 1.807) is 4.90 Å². The van der Waals surface area contributed by atoms with Gasteiger partial charge in [-0.2, -0.15) is 0 Å². The highest BCUT2D eigenvalue weighted by Gasteiger charge is 2.11. The zero-order chi connectivity index (χ0) is 17.7. The van der Waals surface area contributed by atoms with Gasteiger partial charge in [-0.25, -0.2) is 0 Å². The summed E-state index contributed by atoms with van der Waals surface area (Å²) in [5.74, 6) is 0.146. The van der Waals surface area contributed by atoms with Gasteiger partial charge in [0.1, 0.15) is 0 Å². The fraction of sp³-hybridized carbons (Fsp3) is 0.400. The molecule has 1 amide bonds. The van der Waals surface area contributed by atoms with Crippen molar-refractivity contribution in [1.82, 2.24) is 9.88 Å². The zero-order valence-electron chi connectivity index (χ0n) is 15.3. The standard InChI is InChI=1S/C20H27N3O/c1-15-12-16(2)21-18(13-15)14-23(5)20(24)11-8-17-6-9-19(10-7-17)22(3)4/h6-7,9-10,12-13H,8,11,14H2,1-5H3. The van der Waals surface area contributed by atoms with E-state index >= 15 is 0 Å². The third-order valence-corrected chi connectivity index (χ3v) is 4.06. The van der Waals surface area contributed by atoms with Crippen LogP contribution in [0.4, 0.5) is 5.69 Å². The summed E-state index contributed by atoms with van der Waals surface area (Å²) in [4.78, 5) is 20.7. The second-order valence-corrected chi connectivity index (χ2v) is 6.59. The molecule has 0 N–H and O–H groups in total. The average molecular weight is 325 g/mol. The summed E-state index contributed by atoms with van der Waals surface area (Å²) in [5.41, 5.74) is 5.47. The van der Waals surface area contributed by atoms with Crippen molar-refractivity contribution in [3.05, 3.63) is 58.9 Å². The van der Waals surface area contributed by atoms with Crippen LogP contribution in [0.15, 0.2) is 36.4 Å². The average Bonchev–Trinajstić information content (AvgIpc) is 2.51. The quantitative estimate of drug-likeness (QED) is 0.817. The molecule has 0 atom stereocenters. The van der Waals surface area contributed by atoms with Crippen LogP contribution in [-0.2, 0) is 17.8 Å². The lowest BCUT2D eigenvalue weighted by atomic mass is 10.1. The van der Waals surface area contributed by atoms with Crippen molar-refractivity contribution in [3.63, 3.8) is 0 Å². The van der Waals surface area contributed by atoms with Crippen LogP contribution in [-0.4, -0.2) is 36.9 Å². The molecule has 0 saturated heterocycles. The number of anilines is 1. The van der Waals surface area contributed by atoms with Crippen molar-refractivity contribution in [2.24, 2.45) is 0 Å². The van der Waals surface area contributed by atoms with E-state index in [2.05, 4.69) is 41.1 Å². The summed E-state index contributed by atoms with van der Waals surface area (Å²) in [5, 5.41) is 0. The number of hydrogen-bond donors (Lipinski definition) is 0. The molecule has 0 unspecified atom stereocenters.